The van der Waals surface area contributed by atoms with Gasteiger partial charge in [0.2, 0.25) is 0 Å². The van der Waals surface area contributed by atoms with Crippen LogP contribution in [0.15, 0.2) is 24.3 Å². The molecule has 0 saturated carbocycles. The zero-order valence-corrected chi connectivity index (χ0v) is 11.9. The summed E-state index contributed by atoms with van der Waals surface area (Å²) >= 11 is 0. The van der Waals surface area contributed by atoms with Gasteiger partial charge >= 0.3 is 0 Å². The molecule has 0 radical (unpaired) electrons. The van der Waals surface area contributed by atoms with Crippen molar-refractivity contribution in [3.05, 3.63) is 35.4 Å². The molecule has 0 aromatic heterocycles. The number of hydrogen-bond donors (Lipinski definition) is 1. The van der Waals surface area contributed by atoms with Gasteiger partial charge in [-0.25, -0.2) is 0 Å². The lowest BCUT2D eigenvalue weighted by molar-refractivity contribution is 0.297. The molecular formula is C16H26N2. The number of hydrogen-bond acceptors (Lipinski definition) is 2. The highest BCUT2D eigenvalue weighted by molar-refractivity contribution is 5.23. The summed E-state index contributed by atoms with van der Waals surface area (Å²) in [5.41, 5.74) is 2.83. The highest BCUT2D eigenvalue weighted by atomic mass is 15.1. The Morgan fingerprint density at radius 3 is 2.78 bits per heavy atom. The Kier molecular flexibility index (Phi) is 4.79. The van der Waals surface area contributed by atoms with E-state index < -0.39 is 0 Å². The third-order valence-electron chi connectivity index (χ3n) is 4.03. The molecule has 2 nitrogen and oxygen atoms in total. The number of benzene rings is 1. The normalized spacial score (nSPS) is 20.8. The van der Waals surface area contributed by atoms with E-state index in [0.29, 0.717) is 0 Å². The Hall–Kier alpha value is -0.860. The van der Waals surface area contributed by atoms with Crippen LogP contribution in [0.2, 0.25) is 0 Å². The van der Waals surface area contributed by atoms with Crippen molar-refractivity contribution in [2.75, 3.05) is 20.1 Å². The predicted molar refractivity (Wildman–Crippen MR) is 77.4 cm³/mol. The average Bonchev–Trinajstić information content (AvgIpc) is 2.78. The van der Waals surface area contributed by atoms with Gasteiger partial charge in [0.25, 0.3) is 0 Å². The van der Waals surface area contributed by atoms with Gasteiger partial charge in [-0.05, 0) is 43.0 Å². The number of nitrogens with one attached hydrogen (secondary N) is 1. The van der Waals surface area contributed by atoms with Gasteiger partial charge in [0, 0.05) is 19.6 Å². The lowest BCUT2D eigenvalue weighted by Gasteiger charge is -2.18. The van der Waals surface area contributed by atoms with Crippen molar-refractivity contribution in [1.82, 2.24) is 10.2 Å². The predicted octanol–water partition coefficient (Wildman–Crippen LogP) is 2.88. The lowest BCUT2D eigenvalue weighted by Crippen LogP contribution is -2.21. The van der Waals surface area contributed by atoms with Gasteiger partial charge in [-0.15, -0.1) is 0 Å². The molecule has 1 unspecified atom stereocenters. The van der Waals surface area contributed by atoms with E-state index in [1.165, 1.54) is 30.6 Å². The third-order valence-corrected chi connectivity index (χ3v) is 4.03. The maximum absolute atomic E-state index is 3.21. The molecule has 2 rings (SSSR count). The van der Waals surface area contributed by atoms with E-state index in [1.807, 2.05) is 7.05 Å². The fourth-order valence-corrected chi connectivity index (χ4v) is 2.85. The van der Waals surface area contributed by atoms with E-state index in [1.54, 1.807) is 0 Å². The molecule has 1 saturated heterocycles. The molecule has 0 bridgehead atoms. The molecular weight excluding hydrogens is 220 g/mol. The van der Waals surface area contributed by atoms with Crippen LogP contribution < -0.4 is 5.32 Å². The third kappa shape index (κ3) is 3.56. The summed E-state index contributed by atoms with van der Waals surface area (Å²) in [6.45, 7) is 9.31. The largest absolute Gasteiger partial charge is 0.316 e. The summed E-state index contributed by atoms with van der Waals surface area (Å²) in [4.78, 5) is 2.60. The molecule has 18 heavy (non-hydrogen) atoms. The van der Waals surface area contributed by atoms with Crippen molar-refractivity contribution in [1.29, 1.82) is 0 Å². The summed E-state index contributed by atoms with van der Waals surface area (Å²) in [6.07, 6.45) is 1.37. The summed E-state index contributed by atoms with van der Waals surface area (Å²) in [5.74, 6) is 1.72. The van der Waals surface area contributed by atoms with Gasteiger partial charge in [0.15, 0.2) is 0 Å². The standard InChI is InChI=1S/C16H26N2/c1-13(2)16-7-8-18(12-16)11-15-6-4-5-14(9-15)10-17-3/h4-6,9,13,16-17H,7-8,10-12H2,1-3H3. The summed E-state index contributed by atoms with van der Waals surface area (Å²) in [5, 5.41) is 3.21. The Bertz CT molecular complexity index is 373. The topological polar surface area (TPSA) is 15.3 Å². The Morgan fingerprint density at radius 1 is 1.33 bits per heavy atom. The highest BCUT2D eigenvalue weighted by Crippen LogP contribution is 2.24. The Labute approximate surface area is 111 Å². The van der Waals surface area contributed by atoms with Crippen LogP contribution in [0.4, 0.5) is 0 Å². The molecule has 1 N–H and O–H groups in total. The van der Waals surface area contributed by atoms with Gasteiger partial charge in [-0.3, -0.25) is 4.90 Å². The summed E-state index contributed by atoms with van der Waals surface area (Å²) < 4.78 is 0. The second-order valence-corrected chi connectivity index (χ2v) is 5.88. The zero-order chi connectivity index (χ0) is 13.0. The molecule has 1 atom stereocenters. The fraction of sp³-hybridized carbons (Fsp3) is 0.625. The van der Waals surface area contributed by atoms with Crippen LogP contribution in [0.5, 0.6) is 0 Å². The van der Waals surface area contributed by atoms with Crippen molar-refractivity contribution < 1.29 is 0 Å². The van der Waals surface area contributed by atoms with Crippen LogP contribution in [0.3, 0.4) is 0 Å². The molecule has 1 aromatic carbocycles. The minimum absolute atomic E-state index is 0.825. The van der Waals surface area contributed by atoms with Gasteiger partial charge in [-0.1, -0.05) is 38.1 Å². The van der Waals surface area contributed by atoms with Gasteiger partial charge in [0.05, 0.1) is 0 Å². The number of rotatable bonds is 5. The first-order chi connectivity index (χ1) is 8.69. The van der Waals surface area contributed by atoms with Crippen LogP contribution in [0.1, 0.15) is 31.4 Å². The second kappa shape index (κ2) is 6.35. The van der Waals surface area contributed by atoms with E-state index in [9.17, 15) is 0 Å². The zero-order valence-electron chi connectivity index (χ0n) is 11.9. The van der Waals surface area contributed by atoms with E-state index in [0.717, 1.165) is 24.9 Å². The van der Waals surface area contributed by atoms with Crippen LogP contribution in [-0.2, 0) is 13.1 Å². The molecule has 0 aliphatic carbocycles. The first-order valence-corrected chi connectivity index (χ1v) is 7.14. The average molecular weight is 246 g/mol. The second-order valence-electron chi connectivity index (χ2n) is 5.88. The number of nitrogens with zero attached hydrogens (tertiary/aromatic N) is 1. The number of likely N-dealkylation sites (tertiary alicyclic amines) is 1. The van der Waals surface area contributed by atoms with Crippen LogP contribution in [0, 0.1) is 11.8 Å². The van der Waals surface area contributed by atoms with Crippen molar-refractivity contribution in [3.8, 4) is 0 Å². The Balaban J connectivity index is 1.92. The highest BCUT2D eigenvalue weighted by Gasteiger charge is 2.24. The molecule has 100 valence electrons. The van der Waals surface area contributed by atoms with Gasteiger partial charge in [-0.2, -0.15) is 0 Å². The molecule has 1 fully saturated rings. The van der Waals surface area contributed by atoms with Crippen LogP contribution >= 0.6 is 0 Å². The van der Waals surface area contributed by atoms with Gasteiger partial charge < -0.3 is 5.32 Å². The maximum Gasteiger partial charge on any atom is 0.0233 e. The molecule has 0 amide bonds. The van der Waals surface area contributed by atoms with Crippen molar-refractivity contribution in [3.63, 3.8) is 0 Å². The van der Waals surface area contributed by atoms with Crippen molar-refractivity contribution in [2.24, 2.45) is 11.8 Å². The summed E-state index contributed by atoms with van der Waals surface area (Å²) in [7, 11) is 2.00. The lowest BCUT2D eigenvalue weighted by atomic mass is 9.95. The van der Waals surface area contributed by atoms with Crippen molar-refractivity contribution >= 4 is 0 Å². The smallest absolute Gasteiger partial charge is 0.0233 e. The first kappa shape index (κ1) is 13.6. The minimum Gasteiger partial charge on any atom is -0.316 e. The van der Waals surface area contributed by atoms with Crippen LogP contribution in [0.25, 0.3) is 0 Å². The minimum atomic E-state index is 0.825. The molecule has 1 aliphatic heterocycles. The monoisotopic (exact) mass is 246 g/mol. The van der Waals surface area contributed by atoms with E-state index in [4.69, 9.17) is 0 Å². The van der Waals surface area contributed by atoms with Crippen molar-refractivity contribution in [2.45, 2.75) is 33.4 Å². The quantitative estimate of drug-likeness (QED) is 0.859. The molecule has 1 heterocycles. The van der Waals surface area contributed by atoms with E-state index >= 15 is 0 Å². The maximum atomic E-state index is 3.21. The van der Waals surface area contributed by atoms with E-state index in [-0.39, 0.29) is 0 Å². The Morgan fingerprint density at radius 2 is 2.11 bits per heavy atom. The molecule has 1 aromatic rings. The molecule has 1 aliphatic rings. The molecule has 2 heteroatoms. The first-order valence-electron chi connectivity index (χ1n) is 7.14. The molecule has 0 spiro atoms. The fourth-order valence-electron chi connectivity index (χ4n) is 2.85. The van der Waals surface area contributed by atoms with E-state index in [2.05, 4.69) is 48.3 Å². The van der Waals surface area contributed by atoms with Crippen LogP contribution in [-0.4, -0.2) is 25.0 Å². The SMILES string of the molecule is CNCc1cccc(CN2CCC(C(C)C)C2)c1. The summed E-state index contributed by atoms with van der Waals surface area (Å²) in [6, 6.07) is 8.96. The van der Waals surface area contributed by atoms with Gasteiger partial charge in [0.1, 0.15) is 0 Å².